The molecule has 472 valence electrons. The van der Waals surface area contributed by atoms with E-state index in [2.05, 4.69) is 27.7 Å². The summed E-state index contributed by atoms with van der Waals surface area (Å²) in [5.74, 6) is -12.4. The number of rotatable bonds is 40. The molecule has 4 aromatic carbocycles. The maximum Gasteiger partial charge on any atom is 0.200 e. The van der Waals surface area contributed by atoms with Gasteiger partial charge in [0, 0.05) is 68.2 Å². The van der Waals surface area contributed by atoms with Crippen molar-refractivity contribution in [1.29, 1.82) is 0 Å². The van der Waals surface area contributed by atoms with Crippen molar-refractivity contribution in [3.05, 3.63) is 68.8 Å². The zero-order valence-electron chi connectivity index (χ0n) is 52.3. The van der Waals surface area contributed by atoms with Gasteiger partial charge in [-0.05, 0) is 49.9 Å². The van der Waals surface area contributed by atoms with Gasteiger partial charge >= 0.3 is 0 Å². The summed E-state index contributed by atoms with van der Waals surface area (Å²) in [6.07, 6.45) is 37.5. The second-order valence-corrected chi connectivity index (χ2v) is 25.1. The van der Waals surface area contributed by atoms with Crippen LogP contribution in [0.1, 0.15) is 353 Å². The van der Waals surface area contributed by atoms with Crippen molar-refractivity contribution in [1.82, 2.24) is 0 Å². The van der Waals surface area contributed by atoms with Crippen molar-refractivity contribution in [3.63, 3.8) is 0 Å². The molecule has 0 saturated heterocycles. The molecule has 0 unspecified atom stereocenters. The van der Waals surface area contributed by atoms with Gasteiger partial charge in [-0.15, -0.1) is 0 Å². The lowest BCUT2D eigenvalue weighted by Gasteiger charge is -2.30. The smallest absolute Gasteiger partial charge is 0.200 e. The third-order valence-corrected chi connectivity index (χ3v) is 18.6. The molecule has 0 aliphatic heterocycles. The number of unbranched alkanes of at least 4 members (excludes halogenated alkanes) is 32. The van der Waals surface area contributed by atoms with Gasteiger partial charge in [0.25, 0.3) is 0 Å². The largest absolute Gasteiger partial charge is 0.504 e. The van der Waals surface area contributed by atoms with E-state index in [9.17, 15) is 61.3 Å². The summed E-state index contributed by atoms with van der Waals surface area (Å²) in [4.78, 5) is 0. The first-order chi connectivity index (χ1) is 40.7. The average molecular weight is 1170 g/mol. The van der Waals surface area contributed by atoms with Gasteiger partial charge in [0.2, 0.25) is 23.0 Å². The molecule has 0 amide bonds. The highest BCUT2D eigenvalue weighted by Crippen LogP contribution is 2.59. The monoisotopic (exact) mass is 1170 g/mol. The van der Waals surface area contributed by atoms with Gasteiger partial charge in [-0.3, -0.25) is 0 Å². The molecule has 84 heavy (non-hydrogen) atoms. The van der Waals surface area contributed by atoms with Crippen LogP contribution in [0.25, 0.3) is 0 Å². The summed E-state index contributed by atoms with van der Waals surface area (Å²) < 4.78 is 0. The van der Waals surface area contributed by atoms with Gasteiger partial charge in [0.05, 0.1) is 0 Å². The molecule has 0 fully saturated rings. The fraction of sp³-hybridized carbons (Fsp3) is 0.667. The lowest BCUT2D eigenvalue weighted by Crippen LogP contribution is -2.12. The van der Waals surface area contributed by atoms with Crippen molar-refractivity contribution in [2.75, 3.05) is 0 Å². The first-order valence-electron chi connectivity index (χ1n) is 33.8. The molecule has 12 N–H and O–H groups in total. The van der Waals surface area contributed by atoms with Gasteiger partial charge in [0.15, 0.2) is 46.0 Å². The van der Waals surface area contributed by atoms with Crippen LogP contribution in [-0.4, -0.2) is 61.3 Å². The Morgan fingerprint density at radius 3 is 0.429 bits per heavy atom. The van der Waals surface area contributed by atoms with Gasteiger partial charge < -0.3 is 61.3 Å². The highest BCUT2D eigenvalue weighted by molar-refractivity contribution is 5.70. The number of fused-ring (bicyclic) bond motifs is 8. The van der Waals surface area contributed by atoms with Crippen LogP contribution in [0.5, 0.6) is 69.0 Å². The molecule has 0 radical (unpaired) electrons. The van der Waals surface area contributed by atoms with E-state index in [-0.39, 0.29) is 70.2 Å². The van der Waals surface area contributed by atoms with Gasteiger partial charge in [0.1, 0.15) is 0 Å². The first-order valence-corrected chi connectivity index (χ1v) is 33.8. The predicted octanol–water partition coefficient (Wildman–Crippen LogP) is 20.7. The van der Waals surface area contributed by atoms with Crippen LogP contribution in [0.3, 0.4) is 0 Å². The van der Waals surface area contributed by atoms with Crippen molar-refractivity contribution < 1.29 is 61.3 Å². The van der Waals surface area contributed by atoms with Crippen molar-refractivity contribution in [3.8, 4) is 69.0 Å². The number of hydrogen-bond acceptors (Lipinski definition) is 12. The Morgan fingerprint density at radius 2 is 0.298 bits per heavy atom. The molecule has 0 saturated carbocycles. The van der Waals surface area contributed by atoms with E-state index in [0.29, 0.717) is 25.7 Å². The van der Waals surface area contributed by atoms with E-state index in [1.54, 1.807) is 24.3 Å². The molecule has 4 aromatic rings. The van der Waals surface area contributed by atoms with E-state index in [0.717, 1.165) is 154 Å². The fourth-order valence-electron chi connectivity index (χ4n) is 13.4. The molecule has 12 heteroatoms. The number of benzene rings is 4. The van der Waals surface area contributed by atoms with E-state index in [4.69, 9.17) is 0 Å². The zero-order valence-corrected chi connectivity index (χ0v) is 52.3. The lowest BCUT2D eigenvalue weighted by molar-refractivity contribution is 0.347. The number of aromatic hydroxyl groups is 12. The van der Waals surface area contributed by atoms with Gasteiger partial charge in [-0.2, -0.15) is 0 Å². The van der Waals surface area contributed by atoms with E-state index < -0.39 is 92.7 Å². The summed E-state index contributed by atoms with van der Waals surface area (Å²) in [5.41, 5.74) is 0.920. The summed E-state index contributed by atoms with van der Waals surface area (Å²) >= 11 is 0. The quantitative estimate of drug-likeness (QED) is 0.0147. The Labute approximate surface area is 505 Å². The Bertz CT molecular complexity index is 2110. The Kier molecular flexibility index (Phi) is 30.6. The molecule has 12 nitrogen and oxygen atoms in total. The zero-order chi connectivity index (χ0) is 61.0. The maximum atomic E-state index is 12.2. The highest BCUT2D eigenvalue weighted by atomic mass is 16.3. The SMILES string of the molecule is CCCCCCCCCCCC1c2cc(c(O)c(O)c2O)C(CCCCCCCCCCC)c2cc(c(O)c(O)c2O)C(CCCCCCCCCCC)c2cc(c(O)c(O)c2O)C(CCCCCCCCCCC)c2cc1c(O)c(O)c2O. The minimum Gasteiger partial charge on any atom is -0.504 e. The van der Waals surface area contributed by atoms with Crippen molar-refractivity contribution in [2.24, 2.45) is 0 Å². The number of phenolic OH excluding ortho intramolecular Hbond substituents is 12. The molecule has 8 bridgehead atoms. The molecular weight excluding hydrogens is 1060 g/mol. The standard InChI is InChI=1S/C72H112O12/c1-5-9-13-17-21-25-29-33-37-41-49-53-45-55(63(75)69(81)61(53)73)50(42-38-34-30-26-22-18-14-10-6-2)57-47-59(67(79)71(83)65(57)77)52(44-40-36-32-28-24-20-16-12-8-4)60-48-58(66(78)72(84)68(60)80)51(43-39-35-31-27-23-19-15-11-7-3)56-46-54(49)62(74)70(82)64(56)76/h45-52,73-84H,5-44H2,1-4H3. The molecule has 0 atom stereocenters. The topological polar surface area (TPSA) is 243 Å². The summed E-state index contributed by atoms with van der Waals surface area (Å²) in [5, 5.41) is 146. The second-order valence-electron chi connectivity index (χ2n) is 25.1. The Hall–Kier alpha value is -5.52. The summed E-state index contributed by atoms with van der Waals surface area (Å²) in [6.45, 7) is 8.77. The molecule has 5 rings (SSSR count). The first kappa shape index (κ1) is 69.3. The normalized spacial score (nSPS) is 16.0. The van der Waals surface area contributed by atoms with E-state index in [1.165, 1.54) is 51.4 Å². The van der Waals surface area contributed by atoms with Crippen LogP contribution in [0, 0.1) is 0 Å². The van der Waals surface area contributed by atoms with Crippen molar-refractivity contribution >= 4 is 0 Å². The van der Waals surface area contributed by atoms with Crippen LogP contribution in [-0.2, 0) is 0 Å². The maximum absolute atomic E-state index is 12.2. The Balaban J connectivity index is 1.79. The molecule has 1 aliphatic carbocycles. The predicted molar refractivity (Wildman–Crippen MR) is 340 cm³/mol. The fourth-order valence-corrected chi connectivity index (χ4v) is 13.4. The van der Waals surface area contributed by atoms with Crippen LogP contribution in [0.4, 0.5) is 0 Å². The molecule has 0 aromatic heterocycles. The number of hydrogen-bond donors (Lipinski definition) is 12. The van der Waals surface area contributed by atoms with Crippen molar-refractivity contribution in [2.45, 2.75) is 308 Å². The lowest BCUT2D eigenvalue weighted by atomic mass is 9.76. The number of phenols is 12. The third-order valence-electron chi connectivity index (χ3n) is 18.6. The van der Waals surface area contributed by atoms with Gasteiger partial charge in [-0.1, -0.05) is 259 Å². The molecule has 1 aliphatic rings. The molecule has 0 heterocycles. The summed E-state index contributed by atoms with van der Waals surface area (Å²) in [6, 6.07) is 6.32. The third kappa shape index (κ3) is 19.2. The van der Waals surface area contributed by atoms with Gasteiger partial charge in [-0.25, -0.2) is 0 Å². The minimum absolute atomic E-state index is 0.115. The average Bonchev–Trinajstić information content (AvgIpc) is 1.24. The molecule has 0 spiro atoms. The summed E-state index contributed by atoms with van der Waals surface area (Å²) in [7, 11) is 0. The van der Waals surface area contributed by atoms with E-state index in [1.807, 2.05) is 0 Å². The Morgan fingerprint density at radius 1 is 0.179 bits per heavy atom. The van der Waals surface area contributed by atoms with Crippen LogP contribution >= 0.6 is 0 Å². The van der Waals surface area contributed by atoms with Crippen LogP contribution in [0.15, 0.2) is 24.3 Å². The minimum atomic E-state index is -0.977. The molecular formula is C72H112O12. The van der Waals surface area contributed by atoms with E-state index >= 15 is 0 Å². The van der Waals surface area contributed by atoms with Crippen LogP contribution in [0.2, 0.25) is 0 Å². The second kappa shape index (κ2) is 37.1. The van der Waals surface area contributed by atoms with Crippen LogP contribution < -0.4 is 0 Å². The highest BCUT2D eigenvalue weighted by Gasteiger charge is 2.37.